The summed E-state index contributed by atoms with van der Waals surface area (Å²) < 4.78 is 2.06. The van der Waals surface area contributed by atoms with Gasteiger partial charge in [-0.05, 0) is 33.4 Å². The minimum absolute atomic E-state index is 0.317. The highest BCUT2D eigenvalue weighted by atomic mass is 35.5. The van der Waals surface area contributed by atoms with E-state index in [1.807, 2.05) is 0 Å². The minimum atomic E-state index is 0.317. The highest BCUT2D eigenvalue weighted by Gasteiger charge is 2.25. The smallest absolute Gasteiger partial charge is 0.0820 e. The van der Waals surface area contributed by atoms with Crippen molar-refractivity contribution >= 4 is 11.6 Å². The van der Waals surface area contributed by atoms with E-state index in [4.69, 9.17) is 17.3 Å². The Balaban J connectivity index is 2.12. The SMILES string of the molecule is CN(C)CCn1ncc(Cl)c1C1CCCC(N)C1. The summed E-state index contributed by atoms with van der Waals surface area (Å²) in [5, 5.41) is 5.20. The lowest BCUT2D eigenvalue weighted by Crippen LogP contribution is -2.28. The van der Waals surface area contributed by atoms with Crippen LogP contribution < -0.4 is 5.73 Å². The van der Waals surface area contributed by atoms with Crippen molar-refractivity contribution in [2.24, 2.45) is 5.73 Å². The maximum absolute atomic E-state index is 6.30. The summed E-state index contributed by atoms with van der Waals surface area (Å²) in [5.74, 6) is 0.478. The molecule has 0 saturated heterocycles. The van der Waals surface area contributed by atoms with Crippen molar-refractivity contribution in [1.29, 1.82) is 0 Å². The first-order valence-corrected chi connectivity index (χ1v) is 7.07. The molecule has 5 heteroatoms. The van der Waals surface area contributed by atoms with Crippen LogP contribution >= 0.6 is 11.6 Å². The fraction of sp³-hybridized carbons (Fsp3) is 0.769. The van der Waals surface area contributed by atoms with Crippen LogP contribution in [0.1, 0.15) is 37.3 Å². The molecule has 2 rings (SSSR count). The van der Waals surface area contributed by atoms with Gasteiger partial charge in [0.2, 0.25) is 0 Å². The first-order valence-electron chi connectivity index (χ1n) is 6.69. The van der Waals surface area contributed by atoms with Crippen LogP contribution in [-0.4, -0.2) is 41.4 Å². The Morgan fingerprint density at radius 3 is 2.94 bits per heavy atom. The normalized spacial score (nSPS) is 24.7. The van der Waals surface area contributed by atoms with Crippen LogP contribution in [0.25, 0.3) is 0 Å². The third kappa shape index (κ3) is 3.25. The van der Waals surface area contributed by atoms with Gasteiger partial charge < -0.3 is 10.6 Å². The number of nitrogens with zero attached hydrogens (tertiary/aromatic N) is 3. The van der Waals surface area contributed by atoms with E-state index in [1.165, 1.54) is 18.5 Å². The summed E-state index contributed by atoms with van der Waals surface area (Å²) in [7, 11) is 4.14. The molecule has 0 aliphatic heterocycles. The second-order valence-corrected chi connectivity index (χ2v) is 5.93. The van der Waals surface area contributed by atoms with E-state index in [-0.39, 0.29) is 0 Å². The fourth-order valence-corrected chi connectivity index (χ4v) is 3.02. The lowest BCUT2D eigenvalue weighted by Gasteiger charge is -2.27. The second kappa shape index (κ2) is 6.04. The van der Waals surface area contributed by atoms with Crippen LogP contribution in [0.15, 0.2) is 6.20 Å². The molecule has 0 spiro atoms. The fourth-order valence-electron chi connectivity index (χ4n) is 2.73. The molecule has 0 radical (unpaired) electrons. The summed E-state index contributed by atoms with van der Waals surface area (Å²) in [5.41, 5.74) is 7.26. The number of halogens is 1. The number of rotatable bonds is 4. The van der Waals surface area contributed by atoms with E-state index < -0.39 is 0 Å². The Bertz CT molecular complexity index is 388. The molecule has 2 N–H and O–H groups in total. The Morgan fingerprint density at radius 1 is 1.50 bits per heavy atom. The number of aromatic nitrogens is 2. The summed E-state index contributed by atoms with van der Waals surface area (Å²) >= 11 is 6.30. The van der Waals surface area contributed by atoms with E-state index in [0.717, 1.165) is 31.0 Å². The molecule has 1 aromatic rings. The van der Waals surface area contributed by atoms with E-state index in [2.05, 4.69) is 28.8 Å². The van der Waals surface area contributed by atoms with Gasteiger partial charge in [0.05, 0.1) is 23.5 Å². The van der Waals surface area contributed by atoms with Crippen LogP contribution in [0.3, 0.4) is 0 Å². The zero-order chi connectivity index (χ0) is 13.1. The minimum Gasteiger partial charge on any atom is -0.328 e. The highest BCUT2D eigenvalue weighted by Crippen LogP contribution is 2.35. The van der Waals surface area contributed by atoms with Gasteiger partial charge in [-0.15, -0.1) is 0 Å². The van der Waals surface area contributed by atoms with Gasteiger partial charge in [-0.1, -0.05) is 18.0 Å². The molecule has 4 nitrogen and oxygen atoms in total. The van der Waals surface area contributed by atoms with Crippen molar-refractivity contribution in [1.82, 2.24) is 14.7 Å². The van der Waals surface area contributed by atoms with Gasteiger partial charge in [-0.25, -0.2) is 0 Å². The van der Waals surface area contributed by atoms with Gasteiger partial charge >= 0.3 is 0 Å². The summed E-state index contributed by atoms with van der Waals surface area (Å²) in [4.78, 5) is 2.16. The lowest BCUT2D eigenvalue weighted by molar-refractivity contribution is 0.345. The van der Waals surface area contributed by atoms with E-state index in [1.54, 1.807) is 6.20 Å². The molecule has 2 atom stereocenters. The average molecular weight is 271 g/mol. The molecule has 1 aromatic heterocycles. The Labute approximate surface area is 114 Å². The third-order valence-electron chi connectivity index (χ3n) is 3.69. The van der Waals surface area contributed by atoms with Gasteiger partial charge in [-0.2, -0.15) is 5.10 Å². The van der Waals surface area contributed by atoms with E-state index in [9.17, 15) is 0 Å². The maximum atomic E-state index is 6.30. The average Bonchev–Trinajstić information content (AvgIpc) is 2.68. The van der Waals surface area contributed by atoms with Crippen molar-refractivity contribution in [2.75, 3.05) is 20.6 Å². The van der Waals surface area contributed by atoms with E-state index in [0.29, 0.717) is 12.0 Å². The first kappa shape index (κ1) is 13.8. The Hall–Kier alpha value is -0.580. The molecule has 1 heterocycles. The van der Waals surface area contributed by atoms with Gasteiger partial charge in [-0.3, -0.25) is 4.68 Å². The predicted molar refractivity (Wildman–Crippen MR) is 75.0 cm³/mol. The molecular weight excluding hydrogens is 248 g/mol. The van der Waals surface area contributed by atoms with Gasteiger partial charge in [0.1, 0.15) is 0 Å². The third-order valence-corrected chi connectivity index (χ3v) is 3.98. The van der Waals surface area contributed by atoms with Crippen molar-refractivity contribution in [3.05, 3.63) is 16.9 Å². The maximum Gasteiger partial charge on any atom is 0.0820 e. The van der Waals surface area contributed by atoms with Gasteiger partial charge in [0, 0.05) is 18.5 Å². The number of hydrogen-bond acceptors (Lipinski definition) is 3. The number of likely N-dealkylation sites (N-methyl/N-ethyl adjacent to an activating group) is 1. The first-order chi connectivity index (χ1) is 8.58. The number of hydrogen-bond donors (Lipinski definition) is 1. The van der Waals surface area contributed by atoms with Crippen LogP contribution in [0.2, 0.25) is 5.02 Å². The van der Waals surface area contributed by atoms with Gasteiger partial charge in [0.15, 0.2) is 0 Å². The molecule has 1 fully saturated rings. The van der Waals surface area contributed by atoms with E-state index >= 15 is 0 Å². The van der Waals surface area contributed by atoms with Crippen molar-refractivity contribution in [2.45, 2.75) is 44.2 Å². The standard InChI is InChI=1S/C13H23ClN4/c1-17(2)6-7-18-13(12(14)9-16-18)10-4-3-5-11(15)8-10/h9-11H,3-8,15H2,1-2H3. The summed E-state index contributed by atoms with van der Waals surface area (Å²) in [6.45, 7) is 1.87. The zero-order valence-electron chi connectivity index (χ0n) is 11.3. The van der Waals surface area contributed by atoms with Crippen molar-refractivity contribution < 1.29 is 0 Å². The lowest BCUT2D eigenvalue weighted by atomic mass is 9.84. The molecule has 102 valence electrons. The molecule has 1 aliphatic carbocycles. The highest BCUT2D eigenvalue weighted by molar-refractivity contribution is 6.31. The van der Waals surface area contributed by atoms with Crippen LogP contribution in [0, 0.1) is 0 Å². The molecule has 0 aromatic carbocycles. The molecule has 0 amide bonds. The largest absolute Gasteiger partial charge is 0.328 e. The zero-order valence-corrected chi connectivity index (χ0v) is 12.0. The van der Waals surface area contributed by atoms with Crippen molar-refractivity contribution in [3.8, 4) is 0 Å². The number of nitrogens with two attached hydrogens (primary N) is 1. The predicted octanol–water partition coefficient (Wildman–Crippen LogP) is 2.08. The molecule has 1 aliphatic rings. The van der Waals surface area contributed by atoms with Crippen molar-refractivity contribution in [3.63, 3.8) is 0 Å². The molecule has 1 saturated carbocycles. The molecular formula is C13H23ClN4. The summed E-state index contributed by atoms with van der Waals surface area (Å²) in [6.07, 6.45) is 6.32. The van der Waals surface area contributed by atoms with Crippen LogP contribution in [-0.2, 0) is 6.54 Å². The molecule has 18 heavy (non-hydrogen) atoms. The topological polar surface area (TPSA) is 47.1 Å². The van der Waals surface area contributed by atoms with Gasteiger partial charge in [0.25, 0.3) is 0 Å². The monoisotopic (exact) mass is 270 g/mol. The van der Waals surface area contributed by atoms with Crippen LogP contribution in [0.4, 0.5) is 0 Å². The quantitative estimate of drug-likeness (QED) is 0.911. The second-order valence-electron chi connectivity index (χ2n) is 5.53. The molecule has 2 unspecified atom stereocenters. The van der Waals surface area contributed by atoms with Crippen LogP contribution in [0.5, 0.6) is 0 Å². The summed E-state index contributed by atoms with van der Waals surface area (Å²) in [6, 6.07) is 0.317. The molecule has 0 bridgehead atoms. The Morgan fingerprint density at radius 2 is 2.28 bits per heavy atom. The Kier molecular flexibility index (Phi) is 4.65.